The number of nitrogens with zero attached hydrogens (tertiary/aromatic N) is 3. The predicted octanol–water partition coefficient (Wildman–Crippen LogP) is 1.50. The van der Waals surface area contributed by atoms with Crippen LogP contribution in [0.3, 0.4) is 0 Å². The molecule has 0 aliphatic carbocycles. The van der Waals surface area contributed by atoms with Crippen molar-refractivity contribution in [3.63, 3.8) is 0 Å². The van der Waals surface area contributed by atoms with E-state index in [9.17, 15) is 8.42 Å². The molecule has 1 aromatic heterocycles. The molecule has 1 aliphatic rings. The standard InChI is InChI=1S/C11H20N4O2S2/c1-8(2)10-13-11(18-14-10)12-9-4-6-15(7-5-9)19(3,16)17/h8-9H,4-7H2,1-3H3,(H,12,13,14). The molecule has 1 fully saturated rings. The molecule has 1 N–H and O–H groups in total. The highest BCUT2D eigenvalue weighted by atomic mass is 32.2. The van der Waals surface area contributed by atoms with Crippen LogP contribution in [0.15, 0.2) is 0 Å². The van der Waals surface area contributed by atoms with Crippen LogP contribution in [0, 0.1) is 0 Å². The van der Waals surface area contributed by atoms with E-state index in [0.717, 1.165) is 23.8 Å². The first-order valence-electron chi connectivity index (χ1n) is 6.41. The lowest BCUT2D eigenvalue weighted by Gasteiger charge is -2.30. The molecule has 0 unspecified atom stereocenters. The molecular formula is C11H20N4O2S2. The SMILES string of the molecule is CC(C)c1nsc(NC2CCN(S(C)(=O)=O)CC2)n1. The van der Waals surface area contributed by atoms with E-state index in [1.54, 1.807) is 0 Å². The van der Waals surface area contributed by atoms with Gasteiger partial charge in [-0.15, -0.1) is 0 Å². The van der Waals surface area contributed by atoms with Gasteiger partial charge in [0, 0.05) is 36.6 Å². The van der Waals surface area contributed by atoms with Gasteiger partial charge in [-0.1, -0.05) is 13.8 Å². The van der Waals surface area contributed by atoms with Crippen LogP contribution in [0.5, 0.6) is 0 Å². The molecule has 0 atom stereocenters. The predicted molar refractivity (Wildman–Crippen MR) is 77.1 cm³/mol. The largest absolute Gasteiger partial charge is 0.357 e. The lowest BCUT2D eigenvalue weighted by Crippen LogP contribution is -2.41. The third-order valence-corrected chi connectivity index (χ3v) is 5.17. The fourth-order valence-electron chi connectivity index (χ4n) is 2.03. The van der Waals surface area contributed by atoms with Gasteiger partial charge < -0.3 is 5.32 Å². The summed E-state index contributed by atoms with van der Waals surface area (Å²) in [5.74, 6) is 1.19. The van der Waals surface area contributed by atoms with E-state index in [2.05, 4.69) is 28.5 Å². The molecule has 0 amide bonds. The Balaban J connectivity index is 1.88. The molecule has 1 saturated heterocycles. The zero-order valence-electron chi connectivity index (χ0n) is 11.5. The van der Waals surface area contributed by atoms with Crippen LogP contribution in [0.4, 0.5) is 5.13 Å². The van der Waals surface area contributed by atoms with Crippen LogP contribution in [-0.2, 0) is 10.0 Å². The molecule has 0 aromatic carbocycles. The maximum atomic E-state index is 11.4. The van der Waals surface area contributed by atoms with Crippen LogP contribution in [0.1, 0.15) is 38.4 Å². The summed E-state index contributed by atoms with van der Waals surface area (Å²) in [7, 11) is -3.05. The Hall–Kier alpha value is -0.730. The van der Waals surface area contributed by atoms with E-state index in [1.165, 1.54) is 22.1 Å². The summed E-state index contributed by atoms with van der Waals surface area (Å²) < 4.78 is 28.7. The molecule has 108 valence electrons. The average molecular weight is 304 g/mol. The minimum atomic E-state index is -3.05. The van der Waals surface area contributed by atoms with Crippen molar-refractivity contribution in [2.45, 2.75) is 38.6 Å². The molecular weight excluding hydrogens is 284 g/mol. The molecule has 8 heteroatoms. The Bertz CT molecular complexity index is 519. The zero-order chi connectivity index (χ0) is 14.0. The summed E-state index contributed by atoms with van der Waals surface area (Å²) >= 11 is 1.37. The number of hydrogen-bond acceptors (Lipinski definition) is 6. The summed E-state index contributed by atoms with van der Waals surface area (Å²) in [6.45, 7) is 5.28. The van der Waals surface area contributed by atoms with Crippen molar-refractivity contribution in [3.05, 3.63) is 5.82 Å². The van der Waals surface area contributed by atoms with Gasteiger partial charge in [0.15, 0.2) is 0 Å². The number of aromatic nitrogens is 2. The fraction of sp³-hybridized carbons (Fsp3) is 0.818. The first kappa shape index (κ1) is 14.7. The molecule has 2 rings (SSSR count). The second-order valence-corrected chi connectivity index (χ2v) is 7.93. The highest BCUT2D eigenvalue weighted by molar-refractivity contribution is 7.88. The van der Waals surface area contributed by atoms with Gasteiger partial charge in [-0.2, -0.15) is 4.37 Å². The Morgan fingerprint density at radius 2 is 2.00 bits per heavy atom. The van der Waals surface area contributed by atoms with Crippen LogP contribution < -0.4 is 5.32 Å². The lowest BCUT2D eigenvalue weighted by atomic mass is 10.1. The van der Waals surface area contributed by atoms with Gasteiger partial charge in [-0.3, -0.25) is 0 Å². The lowest BCUT2D eigenvalue weighted by molar-refractivity contribution is 0.332. The quantitative estimate of drug-likeness (QED) is 0.912. The van der Waals surface area contributed by atoms with Crippen molar-refractivity contribution >= 4 is 26.7 Å². The number of anilines is 1. The number of nitrogens with one attached hydrogen (secondary N) is 1. The van der Waals surface area contributed by atoms with E-state index >= 15 is 0 Å². The Labute approximate surface area is 118 Å². The van der Waals surface area contributed by atoms with Gasteiger partial charge in [0.2, 0.25) is 15.2 Å². The molecule has 0 bridgehead atoms. The number of rotatable bonds is 4. The van der Waals surface area contributed by atoms with Crippen molar-refractivity contribution in [1.29, 1.82) is 0 Å². The fourth-order valence-corrected chi connectivity index (χ4v) is 3.69. The highest BCUT2D eigenvalue weighted by Crippen LogP contribution is 2.21. The molecule has 0 saturated carbocycles. The molecule has 19 heavy (non-hydrogen) atoms. The topological polar surface area (TPSA) is 75.2 Å². The number of sulfonamides is 1. The molecule has 1 aromatic rings. The normalized spacial score (nSPS) is 18.9. The van der Waals surface area contributed by atoms with Gasteiger partial charge in [0.25, 0.3) is 0 Å². The van der Waals surface area contributed by atoms with Gasteiger partial charge in [-0.05, 0) is 12.8 Å². The van der Waals surface area contributed by atoms with Crippen molar-refractivity contribution in [2.24, 2.45) is 0 Å². The van der Waals surface area contributed by atoms with Gasteiger partial charge in [-0.25, -0.2) is 17.7 Å². The van der Waals surface area contributed by atoms with Crippen molar-refractivity contribution in [1.82, 2.24) is 13.7 Å². The summed E-state index contributed by atoms with van der Waals surface area (Å²) in [6, 6.07) is 0.283. The van der Waals surface area contributed by atoms with Crippen molar-refractivity contribution in [2.75, 3.05) is 24.7 Å². The van der Waals surface area contributed by atoms with Crippen LogP contribution >= 0.6 is 11.5 Å². The number of piperidine rings is 1. The second-order valence-electron chi connectivity index (χ2n) is 5.19. The van der Waals surface area contributed by atoms with Gasteiger partial charge >= 0.3 is 0 Å². The number of hydrogen-bond donors (Lipinski definition) is 1. The Kier molecular flexibility index (Phi) is 4.42. The van der Waals surface area contributed by atoms with Gasteiger partial charge in [0.1, 0.15) is 5.82 Å². The molecule has 0 spiro atoms. The average Bonchev–Trinajstić information content (AvgIpc) is 2.77. The first-order chi connectivity index (χ1) is 8.86. The van der Waals surface area contributed by atoms with Crippen LogP contribution in [0.25, 0.3) is 0 Å². The zero-order valence-corrected chi connectivity index (χ0v) is 13.1. The minimum absolute atomic E-state index is 0.283. The van der Waals surface area contributed by atoms with E-state index in [0.29, 0.717) is 19.0 Å². The maximum Gasteiger partial charge on any atom is 0.211 e. The van der Waals surface area contributed by atoms with Crippen molar-refractivity contribution < 1.29 is 8.42 Å². The van der Waals surface area contributed by atoms with Crippen molar-refractivity contribution in [3.8, 4) is 0 Å². The molecule has 0 radical (unpaired) electrons. The molecule has 6 nitrogen and oxygen atoms in total. The Morgan fingerprint density at radius 3 is 2.47 bits per heavy atom. The second kappa shape index (κ2) is 5.72. The summed E-state index contributed by atoms with van der Waals surface area (Å²) in [6.07, 6.45) is 2.88. The third kappa shape index (κ3) is 3.87. The van der Waals surface area contributed by atoms with Gasteiger partial charge in [0.05, 0.1) is 6.26 Å². The first-order valence-corrected chi connectivity index (χ1v) is 9.03. The minimum Gasteiger partial charge on any atom is -0.357 e. The van der Waals surface area contributed by atoms with E-state index < -0.39 is 10.0 Å². The van der Waals surface area contributed by atoms with E-state index in [4.69, 9.17) is 0 Å². The summed E-state index contributed by atoms with van der Waals surface area (Å²) in [4.78, 5) is 4.44. The monoisotopic (exact) mass is 304 g/mol. The Morgan fingerprint density at radius 1 is 1.37 bits per heavy atom. The van der Waals surface area contributed by atoms with Crippen LogP contribution in [-0.4, -0.2) is 47.5 Å². The third-order valence-electron chi connectivity index (χ3n) is 3.21. The molecule has 1 aliphatic heterocycles. The molecule has 2 heterocycles. The summed E-state index contributed by atoms with van der Waals surface area (Å²) in [5, 5.41) is 4.19. The van der Waals surface area contributed by atoms with E-state index in [-0.39, 0.29) is 6.04 Å². The summed E-state index contributed by atoms with van der Waals surface area (Å²) in [5.41, 5.74) is 0. The maximum absolute atomic E-state index is 11.4. The van der Waals surface area contributed by atoms with Crippen LogP contribution in [0.2, 0.25) is 0 Å². The highest BCUT2D eigenvalue weighted by Gasteiger charge is 2.25. The smallest absolute Gasteiger partial charge is 0.211 e. The van der Waals surface area contributed by atoms with E-state index in [1.807, 2.05) is 0 Å².